The van der Waals surface area contributed by atoms with Crippen LogP contribution in [-0.4, -0.2) is 20.6 Å². The lowest BCUT2D eigenvalue weighted by Gasteiger charge is -2.12. The van der Waals surface area contributed by atoms with E-state index in [1.165, 1.54) is 0 Å². The van der Waals surface area contributed by atoms with Crippen molar-refractivity contribution in [3.8, 4) is 5.69 Å². The summed E-state index contributed by atoms with van der Waals surface area (Å²) in [7, 11) is 0. The van der Waals surface area contributed by atoms with Crippen LogP contribution in [-0.2, 0) is 6.67 Å². The second-order valence-electron chi connectivity index (χ2n) is 5.77. The monoisotopic (exact) mass is 312 g/mol. The fourth-order valence-electron chi connectivity index (χ4n) is 2.62. The zero-order chi connectivity index (χ0) is 16.6. The molecule has 0 radical (unpaired) electrons. The van der Waals surface area contributed by atoms with Gasteiger partial charge in [0.2, 0.25) is 0 Å². The molecule has 0 saturated heterocycles. The van der Waals surface area contributed by atoms with E-state index in [2.05, 4.69) is 4.98 Å². The third kappa shape index (κ3) is 2.70. The Morgan fingerprint density at radius 2 is 1.91 bits per heavy atom. The van der Waals surface area contributed by atoms with E-state index in [4.69, 9.17) is 5.11 Å². The minimum absolute atomic E-state index is 0.163. The van der Waals surface area contributed by atoms with Gasteiger partial charge in [0.1, 0.15) is 12.5 Å². The summed E-state index contributed by atoms with van der Waals surface area (Å²) in [6.07, 6.45) is 0. The van der Waals surface area contributed by atoms with Crippen molar-refractivity contribution in [2.75, 3.05) is 0 Å². The van der Waals surface area contributed by atoms with Gasteiger partial charge in [0.05, 0.1) is 16.6 Å². The Hall–Kier alpha value is -2.69. The maximum absolute atomic E-state index is 12.7. The van der Waals surface area contributed by atoms with Gasteiger partial charge >= 0.3 is 5.97 Å². The number of hydrogen-bond donors (Lipinski definition) is 1. The smallest absolute Gasteiger partial charge is 0.335 e. The first kappa shape index (κ1) is 15.2. The quantitative estimate of drug-likeness (QED) is 0.780. The Labute approximate surface area is 133 Å². The predicted octanol–water partition coefficient (Wildman–Crippen LogP) is 4.32. The van der Waals surface area contributed by atoms with E-state index in [0.717, 1.165) is 17.0 Å². The van der Waals surface area contributed by atoms with Crippen LogP contribution in [0.2, 0.25) is 0 Å². The first-order chi connectivity index (χ1) is 11.0. The Balaban J connectivity index is 2.24. The van der Waals surface area contributed by atoms with E-state index in [-0.39, 0.29) is 11.5 Å². The molecule has 0 spiro atoms. The fourth-order valence-corrected chi connectivity index (χ4v) is 2.62. The third-order valence-electron chi connectivity index (χ3n) is 3.79. The van der Waals surface area contributed by atoms with Gasteiger partial charge in [-0.1, -0.05) is 26.0 Å². The normalized spacial score (nSPS) is 11.3. The van der Waals surface area contributed by atoms with Crippen LogP contribution in [0.1, 0.15) is 41.5 Å². The van der Waals surface area contributed by atoms with E-state index >= 15 is 0 Å². The van der Waals surface area contributed by atoms with Crippen molar-refractivity contribution in [2.24, 2.45) is 0 Å². The summed E-state index contributed by atoms with van der Waals surface area (Å²) < 4.78 is 14.7. The Kier molecular flexibility index (Phi) is 3.86. The number of aromatic carboxylic acids is 1. The molecular formula is C18H17FN2O2. The van der Waals surface area contributed by atoms with Gasteiger partial charge in [-0.25, -0.2) is 14.2 Å². The van der Waals surface area contributed by atoms with Crippen LogP contribution in [0.15, 0.2) is 42.5 Å². The van der Waals surface area contributed by atoms with Crippen molar-refractivity contribution in [2.45, 2.75) is 26.4 Å². The number of aromatic nitrogens is 2. The largest absolute Gasteiger partial charge is 0.478 e. The molecule has 118 valence electrons. The predicted molar refractivity (Wildman–Crippen MR) is 86.9 cm³/mol. The molecule has 0 saturated carbocycles. The van der Waals surface area contributed by atoms with Crippen molar-refractivity contribution in [3.05, 3.63) is 59.4 Å². The molecule has 2 aromatic carbocycles. The summed E-state index contributed by atoms with van der Waals surface area (Å²) >= 11 is 0. The number of nitrogens with zero attached hydrogens (tertiary/aromatic N) is 2. The molecule has 0 fully saturated rings. The van der Waals surface area contributed by atoms with Crippen LogP contribution >= 0.6 is 0 Å². The average Bonchev–Trinajstić information content (AvgIpc) is 2.93. The lowest BCUT2D eigenvalue weighted by molar-refractivity contribution is 0.0697. The highest BCUT2D eigenvalue weighted by Gasteiger charge is 2.16. The molecule has 0 atom stereocenters. The van der Waals surface area contributed by atoms with E-state index in [0.29, 0.717) is 11.1 Å². The highest BCUT2D eigenvalue weighted by atomic mass is 19.1. The summed E-state index contributed by atoms with van der Waals surface area (Å²) in [6, 6.07) is 12.1. The van der Waals surface area contributed by atoms with Gasteiger partial charge < -0.3 is 5.11 Å². The molecule has 4 nitrogen and oxygen atoms in total. The Morgan fingerprint density at radius 1 is 1.22 bits per heavy atom. The van der Waals surface area contributed by atoms with Crippen LogP contribution in [0.25, 0.3) is 16.7 Å². The van der Waals surface area contributed by atoms with Crippen LogP contribution in [0.4, 0.5) is 4.39 Å². The topological polar surface area (TPSA) is 55.1 Å². The second kappa shape index (κ2) is 5.83. The van der Waals surface area contributed by atoms with Crippen LogP contribution in [0.5, 0.6) is 0 Å². The lowest BCUT2D eigenvalue weighted by Crippen LogP contribution is -2.03. The van der Waals surface area contributed by atoms with Gasteiger partial charge in [-0.3, -0.25) is 4.57 Å². The number of carboxylic acids is 1. The molecule has 1 aromatic heterocycles. The summed E-state index contributed by atoms with van der Waals surface area (Å²) in [6.45, 7) is 3.57. The number of alkyl halides is 1. The van der Waals surface area contributed by atoms with Gasteiger partial charge in [0.15, 0.2) is 0 Å². The van der Waals surface area contributed by atoms with Crippen molar-refractivity contribution in [1.82, 2.24) is 9.55 Å². The molecule has 0 aliphatic heterocycles. The second-order valence-corrected chi connectivity index (χ2v) is 5.77. The van der Waals surface area contributed by atoms with Gasteiger partial charge in [-0.05, 0) is 35.9 Å². The standard InChI is InChI=1S/C18H17FN2O2/c1-11(2)17-20-15-9-13(18(22)23)5-8-16(15)21(17)14-6-3-12(10-19)4-7-14/h3-9,11H,10H2,1-2H3,(H,22,23). The summed E-state index contributed by atoms with van der Waals surface area (Å²) in [5.41, 5.74) is 3.20. The third-order valence-corrected chi connectivity index (χ3v) is 3.79. The SMILES string of the molecule is CC(C)c1nc2cc(C(=O)O)ccc2n1-c1ccc(CF)cc1. The number of carbonyl (C=O) groups is 1. The first-order valence-electron chi connectivity index (χ1n) is 7.42. The Morgan fingerprint density at radius 3 is 2.48 bits per heavy atom. The zero-order valence-electron chi connectivity index (χ0n) is 13.0. The maximum atomic E-state index is 12.7. The molecule has 3 aromatic rings. The van der Waals surface area contributed by atoms with Gasteiger partial charge in [-0.15, -0.1) is 0 Å². The Bertz CT molecular complexity index is 867. The van der Waals surface area contributed by atoms with E-state index in [1.54, 1.807) is 30.3 Å². The van der Waals surface area contributed by atoms with E-state index < -0.39 is 12.6 Å². The fraction of sp³-hybridized carbons (Fsp3) is 0.222. The van der Waals surface area contributed by atoms with Gasteiger partial charge in [0.25, 0.3) is 0 Å². The zero-order valence-corrected chi connectivity index (χ0v) is 13.0. The summed E-state index contributed by atoms with van der Waals surface area (Å²) in [5.74, 6) is 0.0342. The number of halogens is 1. The number of hydrogen-bond acceptors (Lipinski definition) is 2. The van der Waals surface area contributed by atoms with Gasteiger partial charge in [0, 0.05) is 11.6 Å². The van der Waals surface area contributed by atoms with Gasteiger partial charge in [-0.2, -0.15) is 0 Å². The minimum Gasteiger partial charge on any atom is -0.478 e. The molecule has 1 heterocycles. The minimum atomic E-state index is -0.972. The van der Waals surface area contributed by atoms with E-state index in [1.807, 2.05) is 30.5 Å². The lowest BCUT2D eigenvalue weighted by atomic mass is 10.1. The number of rotatable bonds is 4. The highest BCUT2D eigenvalue weighted by Crippen LogP contribution is 2.27. The molecule has 0 unspecified atom stereocenters. The molecule has 1 N–H and O–H groups in total. The molecule has 23 heavy (non-hydrogen) atoms. The molecule has 0 bridgehead atoms. The van der Waals surface area contributed by atoms with Crippen molar-refractivity contribution in [3.63, 3.8) is 0 Å². The van der Waals surface area contributed by atoms with Crippen molar-refractivity contribution < 1.29 is 14.3 Å². The molecule has 0 aliphatic rings. The first-order valence-corrected chi connectivity index (χ1v) is 7.42. The molecule has 3 rings (SSSR count). The van der Waals surface area contributed by atoms with Crippen molar-refractivity contribution >= 4 is 17.0 Å². The molecular weight excluding hydrogens is 295 g/mol. The number of benzene rings is 2. The maximum Gasteiger partial charge on any atom is 0.335 e. The molecule has 0 amide bonds. The summed E-state index contributed by atoms with van der Waals surface area (Å²) in [5, 5.41) is 9.13. The van der Waals surface area contributed by atoms with Crippen LogP contribution < -0.4 is 0 Å². The van der Waals surface area contributed by atoms with Crippen molar-refractivity contribution in [1.29, 1.82) is 0 Å². The van der Waals surface area contributed by atoms with E-state index in [9.17, 15) is 9.18 Å². The average molecular weight is 312 g/mol. The molecule has 5 heteroatoms. The highest BCUT2D eigenvalue weighted by molar-refractivity contribution is 5.92. The van der Waals surface area contributed by atoms with Crippen LogP contribution in [0, 0.1) is 0 Å². The number of fused-ring (bicyclic) bond motifs is 1. The summed E-state index contributed by atoms with van der Waals surface area (Å²) in [4.78, 5) is 15.7. The van der Waals surface area contributed by atoms with Crippen LogP contribution in [0.3, 0.4) is 0 Å². The molecule has 0 aliphatic carbocycles. The number of carboxylic acid groups (broad SMARTS) is 1. The number of imidazole rings is 1.